The quantitative estimate of drug-likeness (QED) is 0.248. The van der Waals surface area contributed by atoms with Crippen molar-refractivity contribution in [1.82, 2.24) is 25.3 Å². The Kier molecular flexibility index (Phi) is 7.15. The third-order valence-electron chi connectivity index (χ3n) is 6.56. The Bertz CT molecular complexity index is 1610. The molecule has 3 N–H and O–H groups in total. The van der Waals surface area contributed by atoms with E-state index in [1.807, 2.05) is 0 Å². The number of alkyl halides is 3. The molecule has 2 heterocycles. The highest BCUT2D eigenvalue weighted by Crippen LogP contribution is 2.37. The second-order valence-corrected chi connectivity index (χ2v) is 9.53. The van der Waals surface area contributed by atoms with Crippen LogP contribution in [0.3, 0.4) is 0 Å². The van der Waals surface area contributed by atoms with Crippen LogP contribution >= 0.6 is 0 Å². The molecule has 1 saturated carbocycles. The molecule has 1 atom stereocenters. The van der Waals surface area contributed by atoms with Crippen LogP contribution in [0.15, 0.2) is 55.1 Å². The van der Waals surface area contributed by atoms with Crippen molar-refractivity contribution >= 4 is 28.6 Å². The lowest BCUT2D eigenvalue weighted by Gasteiger charge is -2.18. The summed E-state index contributed by atoms with van der Waals surface area (Å²) >= 11 is 0. The molecule has 1 aliphatic rings. The molecule has 1 fully saturated rings. The van der Waals surface area contributed by atoms with Crippen LogP contribution in [0.5, 0.6) is 5.75 Å². The fourth-order valence-electron chi connectivity index (χ4n) is 4.13. The molecule has 1 unspecified atom stereocenters. The molecule has 212 valence electrons. The highest BCUT2D eigenvalue weighted by Gasteiger charge is 2.51. The Morgan fingerprint density at radius 1 is 1.05 bits per heavy atom. The van der Waals surface area contributed by atoms with Crippen molar-refractivity contribution in [3.63, 3.8) is 0 Å². The van der Waals surface area contributed by atoms with E-state index in [0.29, 0.717) is 46.3 Å². The topological polar surface area (TPSA) is 139 Å². The summed E-state index contributed by atoms with van der Waals surface area (Å²) in [5.74, 6) is -2.98. The van der Waals surface area contributed by atoms with Crippen molar-refractivity contribution in [1.29, 1.82) is 0 Å². The van der Waals surface area contributed by atoms with Gasteiger partial charge in [0.15, 0.2) is 6.61 Å². The maximum atomic E-state index is 13.6. The highest BCUT2D eigenvalue weighted by molar-refractivity contribution is 5.97. The minimum absolute atomic E-state index is 0.174. The first-order chi connectivity index (χ1) is 19.4. The lowest BCUT2D eigenvalue weighted by atomic mass is 10.0. The Balaban J connectivity index is 1.47. The fourth-order valence-corrected chi connectivity index (χ4v) is 4.13. The van der Waals surface area contributed by atoms with Gasteiger partial charge in [0.25, 0.3) is 5.91 Å². The molecule has 2 aromatic heterocycles. The summed E-state index contributed by atoms with van der Waals surface area (Å²) in [6.45, 7) is 1.19. The molecule has 10 nitrogen and oxygen atoms in total. The number of carbonyl (C=O) groups is 2. The van der Waals surface area contributed by atoms with Crippen molar-refractivity contribution in [3.8, 4) is 16.9 Å². The molecular formula is C27H22F4N6O4. The van der Waals surface area contributed by atoms with Gasteiger partial charge in [0.05, 0.1) is 6.04 Å². The van der Waals surface area contributed by atoms with E-state index < -0.39 is 47.9 Å². The van der Waals surface area contributed by atoms with E-state index in [-0.39, 0.29) is 5.75 Å². The van der Waals surface area contributed by atoms with Gasteiger partial charge in [-0.3, -0.25) is 4.79 Å². The van der Waals surface area contributed by atoms with Crippen LogP contribution in [0, 0.1) is 5.82 Å². The third kappa shape index (κ3) is 6.00. The van der Waals surface area contributed by atoms with Crippen LogP contribution in [0.1, 0.15) is 37.2 Å². The molecule has 5 rings (SSSR count). The fraction of sp³-hybridized carbons (Fsp3) is 0.259. The number of fused-ring (bicyclic) bond motifs is 1. The van der Waals surface area contributed by atoms with E-state index in [4.69, 9.17) is 4.74 Å². The summed E-state index contributed by atoms with van der Waals surface area (Å²) in [5, 5.41) is 15.4. The van der Waals surface area contributed by atoms with Crippen LogP contribution in [-0.4, -0.2) is 49.1 Å². The van der Waals surface area contributed by atoms with Gasteiger partial charge in [0.2, 0.25) is 5.82 Å². The van der Waals surface area contributed by atoms with Gasteiger partial charge in [-0.25, -0.2) is 29.1 Å². The van der Waals surface area contributed by atoms with Crippen molar-refractivity contribution in [2.75, 3.05) is 11.9 Å². The maximum absolute atomic E-state index is 13.6. The summed E-state index contributed by atoms with van der Waals surface area (Å²) in [6, 6.07) is 8.41. The predicted octanol–water partition coefficient (Wildman–Crippen LogP) is 4.53. The van der Waals surface area contributed by atoms with E-state index in [1.165, 1.54) is 18.5 Å². The molecule has 0 aliphatic heterocycles. The zero-order valence-electron chi connectivity index (χ0n) is 21.4. The largest absolute Gasteiger partial charge is 0.481 e. The molecule has 0 spiro atoms. The Hall–Kier alpha value is -4.88. The average Bonchev–Trinajstić information content (AvgIpc) is 3.72. The standard InChI is InChI=1S/C27H22F4N6O4/c1-14(17-10-32-24(33-11-17)27(29,30)31)36-23-19-8-16(15-2-4-18(28)5-3-15)9-20(22(19)34-13-35-23)41-12-21(38)37-26(6-7-26)25(39)40/h2-5,8-11,13-14H,6-7,12H2,1H3,(H,37,38)(H,39,40)(H,34,35,36). The number of carbonyl (C=O) groups excluding carboxylic acids is 1. The molecule has 14 heteroatoms. The van der Waals surface area contributed by atoms with Gasteiger partial charge < -0.3 is 20.5 Å². The average molecular weight is 571 g/mol. The number of benzene rings is 2. The van der Waals surface area contributed by atoms with Gasteiger partial charge in [0, 0.05) is 23.3 Å². The second kappa shape index (κ2) is 10.6. The SMILES string of the molecule is CC(Nc1ncnc2c(OCC(=O)NC3(C(=O)O)CC3)cc(-c3ccc(F)cc3)cc12)c1cnc(C(F)(F)F)nc1. The van der Waals surface area contributed by atoms with Gasteiger partial charge in [-0.05, 0) is 55.2 Å². The second-order valence-electron chi connectivity index (χ2n) is 9.53. The van der Waals surface area contributed by atoms with Crippen molar-refractivity contribution < 1.29 is 37.0 Å². The van der Waals surface area contributed by atoms with Gasteiger partial charge in [-0.15, -0.1) is 0 Å². The smallest absolute Gasteiger partial charge is 0.451 e. The Morgan fingerprint density at radius 3 is 2.34 bits per heavy atom. The van der Waals surface area contributed by atoms with Crippen LogP contribution in [0.4, 0.5) is 23.4 Å². The highest BCUT2D eigenvalue weighted by atomic mass is 19.4. The minimum Gasteiger partial charge on any atom is -0.481 e. The van der Waals surface area contributed by atoms with Gasteiger partial charge in [-0.1, -0.05) is 12.1 Å². The number of amides is 1. The lowest BCUT2D eigenvalue weighted by Crippen LogP contribution is -2.45. The van der Waals surface area contributed by atoms with E-state index in [0.717, 1.165) is 12.4 Å². The predicted molar refractivity (Wildman–Crippen MR) is 137 cm³/mol. The number of anilines is 1. The van der Waals surface area contributed by atoms with E-state index in [9.17, 15) is 32.3 Å². The molecule has 0 bridgehead atoms. The molecule has 1 aliphatic carbocycles. The molecule has 0 saturated heterocycles. The monoisotopic (exact) mass is 570 g/mol. The Labute approximate surface area is 229 Å². The molecular weight excluding hydrogens is 548 g/mol. The summed E-state index contributed by atoms with van der Waals surface area (Å²) in [4.78, 5) is 39.3. The number of hydrogen-bond acceptors (Lipinski definition) is 8. The van der Waals surface area contributed by atoms with Crippen LogP contribution in [-0.2, 0) is 15.8 Å². The zero-order chi connectivity index (χ0) is 29.4. The number of nitrogens with one attached hydrogen (secondary N) is 2. The van der Waals surface area contributed by atoms with Gasteiger partial charge in [0.1, 0.15) is 34.8 Å². The number of rotatable bonds is 9. The Morgan fingerprint density at radius 2 is 1.73 bits per heavy atom. The molecule has 4 aromatic rings. The number of nitrogens with zero attached hydrogens (tertiary/aromatic N) is 4. The molecule has 2 aromatic carbocycles. The number of halogens is 4. The third-order valence-corrected chi connectivity index (χ3v) is 6.56. The molecule has 41 heavy (non-hydrogen) atoms. The first-order valence-electron chi connectivity index (χ1n) is 12.3. The van der Waals surface area contributed by atoms with Crippen LogP contribution < -0.4 is 15.4 Å². The van der Waals surface area contributed by atoms with E-state index in [1.54, 1.807) is 31.2 Å². The summed E-state index contributed by atoms with van der Waals surface area (Å²) in [7, 11) is 0. The van der Waals surface area contributed by atoms with Gasteiger partial charge >= 0.3 is 12.1 Å². The number of aromatic nitrogens is 4. The van der Waals surface area contributed by atoms with Crippen molar-refractivity contribution in [3.05, 3.63) is 72.3 Å². The number of aliphatic carboxylic acids is 1. The summed E-state index contributed by atoms with van der Waals surface area (Å²) in [6.07, 6.45) is -0.651. The van der Waals surface area contributed by atoms with Crippen molar-refractivity contribution in [2.24, 2.45) is 0 Å². The van der Waals surface area contributed by atoms with E-state index in [2.05, 4.69) is 30.6 Å². The number of hydrogen-bond donors (Lipinski definition) is 3. The van der Waals surface area contributed by atoms with Crippen LogP contribution in [0.2, 0.25) is 0 Å². The molecule has 0 radical (unpaired) electrons. The first-order valence-corrected chi connectivity index (χ1v) is 12.3. The normalized spacial score (nSPS) is 14.8. The number of carboxylic acid groups (broad SMARTS) is 1. The van der Waals surface area contributed by atoms with Crippen LogP contribution in [0.25, 0.3) is 22.0 Å². The summed E-state index contributed by atoms with van der Waals surface area (Å²) in [5.41, 5.74) is 0.567. The lowest BCUT2D eigenvalue weighted by molar-refractivity contribution is -0.145. The maximum Gasteiger partial charge on any atom is 0.451 e. The van der Waals surface area contributed by atoms with Crippen molar-refractivity contribution in [2.45, 2.75) is 37.5 Å². The van der Waals surface area contributed by atoms with E-state index >= 15 is 0 Å². The zero-order valence-corrected chi connectivity index (χ0v) is 21.4. The first kappa shape index (κ1) is 27.7. The summed E-state index contributed by atoms with van der Waals surface area (Å²) < 4.78 is 58.0. The number of ether oxygens (including phenoxy) is 1. The minimum atomic E-state index is -4.67. The number of carboxylic acids is 1. The van der Waals surface area contributed by atoms with Gasteiger partial charge in [-0.2, -0.15) is 13.2 Å². The molecule has 1 amide bonds.